The van der Waals surface area contributed by atoms with Crippen LogP contribution >= 0.6 is 0 Å². The average molecular weight is 279 g/mol. The van der Waals surface area contributed by atoms with Crippen molar-refractivity contribution in [3.63, 3.8) is 0 Å². The lowest BCUT2D eigenvalue weighted by Crippen LogP contribution is -2.21. The van der Waals surface area contributed by atoms with Crippen molar-refractivity contribution >= 4 is 0 Å². The molecule has 0 spiro atoms. The maximum atomic E-state index is 11.8. The number of hydrogen-bond acceptors (Lipinski definition) is 3. The van der Waals surface area contributed by atoms with Gasteiger partial charge in [0.15, 0.2) is 0 Å². The Morgan fingerprint density at radius 2 is 2.16 bits per heavy atom. The van der Waals surface area contributed by atoms with Crippen molar-refractivity contribution in [2.75, 3.05) is 13.2 Å². The van der Waals surface area contributed by atoms with Crippen LogP contribution in [-0.2, 0) is 11.3 Å². The molecule has 1 aromatic heterocycles. The first-order valence-corrected chi connectivity index (χ1v) is 6.42. The molecule has 0 saturated heterocycles. The second-order valence-electron chi connectivity index (χ2n) is 4.25. The fraction of sp³-hybridized carbons (Fsp3) is 0.750. The molecular formula is C12H20F3N3O. The van der Waals surface area contributed by atoms with Crippen LogP contribution in [0.5, 0.6) is 0 Å². The van der Waals surface area contributed by atoms with Crippen molar-refractivity contribution in [1.82, 2.24) is 15.1 Å². The van der Waals surface area contributed by atoms with Crippen molar-refractivity contribution in [3.05, 3.63) is 18.0 Å². The summed E-state index contributed by atoms with van der Waals surface area (Å²) in [6.07, 6.45) is 0.806. The number of nitrogens with one attached hydrogen (secondary N) is 1. The highest BCUT2D eigenvalue weighted by molar-refractivity contribution is 5.10. The second-order valence-corrected chi connectivity index (χ2v) is 4.25. The highest BCUT2D eigenvalue weighted by Crippen LogP contribution is 2.17. The van der Waals surface area contributed by atoms with E-state index in [9.17, 15) is 13.2 Å². The topological polar surface area (TPSA) is 39.1 Å². The summed E-state index contributed by atoms with van der Waals surface area (Å²) in [6.45, 7) is 4.70. The lowest BCUT2D eigenvalue weighted by molar-refractivity contribution is -0.325. The molecule has 110 valence electrons. The number of ether oxygens (including phenoxy) is 1. The largest absolute Gasteiger partial charge is 0.522 e. The normalized spacial score (nSPS) is 13.7. The maximum Gasteiger partial charge on any atom is 0.522 e. The predicted molar refractivity (Wildman–Crippen MR) is 65.6 cm³/mol. The molecule has 1 heterocycles. The van der Waals surface area contributed by atoms with Crippen LogP contribution in [0, 0.1) is 0 Å². The van der Waals surface area contributed by atoms with E-state index < -0.39 is 13.0 Å². The van der Waals surface area contributed by atoms with Crippen LogP contribution in [-0.4, -0.2) is 29.3 Å². The van der Waals surface area contributed by atoms with Gasteiger partial charge in [0, 0.05) is 17.8 Å². The Hall–Kier alpha value is -1.08. The summed E-state index contributed by atoms with van der Waals surface area (Å²) in [5, 5.41) is 7.41. The minimum atomic E-state index is -4.58. The van der Waals surface area contributed by atoms with Gasteiger partial charge in [-0.2, -0.15) is 5.10 Å². The van der Waals surface area contributed by atoms with Crippen molar-refractivity contribution in [3.8, 4) is 0 Å². The fourth-order valence-corrected chi connectivity index (χ4v) is 1.75. The van der Waals surface area contributed by atoms with Crippen LogP contribution in [0.1, 0.15) is 38.3 Å². The zero-order valence-corrected chi connectivity index (χ0v) is 11.2. The summed E-state index contributed by atoms with van der Waals surface area (Å²) < 4.78 is 40.7. The van der Waals surface area contributed by atoms with Gasteiger partial charge in [-0.1, -0.05) is 13.8 Å². The first-order valence-electron chi connectivity index (χ1n) is 6.42. The summed E-state index contributed by atoms with van der Waals surface area (Å²) >= 11 is 0. The summed E-state index contributed by atoms with van der Waals surface area (Å²) in [4.78, 5) is 0. The lowest BCUT2D eigenvalue weighted by Gasteiger charge is -2.14. The zero-order chi connectivity index (χ0) is 14.3. The van der Waals surface area contributed by atoms with Gasteiger partial charge in [-0.25, -0.2) is 0 Å². The first kappa shape index (κ1) is 16.0. The monoisotopic (exact) mass is 279 g/mol. The molecule has 0 saturated carbocycles. The van der Waals surface area contributed by atoms with E-state index >= 15 is 0 Å². The Morgan fingerprint density at radius 1 is 1.42 bits per heavy atom. The van der Waals surface area contributed by atoms with Gasteiger partial charge < -0.3 is 5.32 Å². The van der Waals surface area contributed by atoms with Gasteiger partial charge in [-0.15, -0.1) is 13.2 Å². The number of alkyl halides is 3. The molecule has 0 fully saturated rings. The van der Waals surface area contributed by atoms with E-state index in [0.717, 1.165) is 24.9 Å². The van der Waals surface area contributed by atoms with Crippen LogP contribution in [0.25, 0.3) is 0 Å². The third kappa shape index (κ3) is 6.07. The molecule has 0 aliphatic rings. The highest BCUT2D eigenvalue weighted by Gasteiger charge is 2.28. The van der Waals surface area contributed by atoms with Gasteiger partial charge in [-0.3, -0.25) is 9.42 Å². The SMILES string of the molecule is CCCNC(CC)c1cnn(CCOC(F)(F)F)c1. The van der Waals surface area contributed by atoms with Crippen molar-refractivity contribution in [1.29, 1.82) is 0 Å². The molecule has 1 atom stereocenters. The lowest BCUT2D eigenvalue weighted by atomic mass is 10.1. The van der Waals surface area contributed by atoms with Gasteiger partial charge in [-0.05, 0) is 19.4 Å². The van der Waals surface area contributed by atoms with Crippen LogP contribution in [0.3, 0.4) is 0 Å². The molecule has 19 heavy (non-hydrogen) atoms. The van der Waals surface area contributed by atoms with Crippen molar-refractivity contribution in [2.45, 2.75) is 45.6 Å². The Balaban J connectivity index is 2.46. The Morgan fingerprint density at radius 3 is 2.74 bits per heavy atom. The molecule has 1 N–H and O–H groups in total. The van der Waals surface area contributed by atoms with E-state index in [1.807, 2.05) is 0 Å². The molecule has 0 amide bonds. The van der Waals surface area contributed by atoms with E-state index in [-0.39, 0.29) is 12.6 Å². The summed E-state index contributed by atoms with van der Waals surface area (Å²) in [7, 11) is 0. The Bertz CT molecular complexity index is 365. The zero-order valence-electron chi connectivity index (χ0n) is 11.2. The minimum absolute atomic E-state index is 0.0870. The number of halogens is 3. The maximum absolute atomic E-state index is 11.8. The average Bonchev–Trinajstić information content (AvgIpc) is 2.77. The molecule has 4 nitrogen and oxygen atoms in total. The fourth-order valence-electron chi connectivity index (χ4n) is 1.75. The van der Waals surface area contributed by atoms with Gasteiger partial charge in [0.1, 0.15) is 0 Å². The van der Waals surface area contributed by atoms with Gasteiger partial charge in [0.25, 0.3) is 0 Å². The van der Waals surface area contributed by atoms with Gasteiger partial charge >= 0.3 is 6.36 Å². The van der Waals surface area contributed by atoms with E-state index in [4.69, 9.17) is 0 Å². The molecule has 1 rings (SSSR count). The van der Waals surface area contributed by atoms with E-state index in [1.165, 1.54) is 4.68 Å². The third-order valence-electron chi connectivity index (χ3n) is 2.69. The molecule has 0 aliphatic carbocycles. The Labute approximate surface area is 110 Å². The molecule has 0 radical (unpaired) electrons. The first-order chi connectivity index (χ1) is 8.96. The highest BCUT2D eigenvalue weighted by atomic mass is 19.4. The number of hydrogen-bond donors (Lipinski definition) is 1. The van der Waals surface area contributed by atoms with Gasteiger partial charge in [0.05, 0.1) is 19.3 Å². The van der Waals surface area contributed by atoms with Crippen LogP contribution in [0.15, 0.2) is 12.4 Å². The smallest absolute Gasteiger partial charge is 0.310 e. The standard InChI is InChI=1S/C12H20F3N3O/c1-3-5-16-11(4-2)10-8-17-18(9-10)6-7-19-12(13,14)15/h8-9,11,16H,3-7H2,1-2H3. The molecule has 1 aromatic rings. The number of rotatable bonds is 8. The molecule has 1 unspecified atom stereocenters. The summed E-state index contributed by atoms with van der Waals surface area (Å²) in [5.74, 6) is 0. The molecular weight excluding hydrogens is 259 g/mol. The minimum Gasteiger partial charge on any atom is -0.310 e. The molecule has 0 aliphatic heterocycles. The molecule has 0 aromatic carbocycles. The quantitative estimate of drug-likeness (QED) is 0.795. The Kier molecular flexibility index (Phi) is 6.30. The van der Waals surface area contributed by atoms with E-state index in [2.05, 4.69) is 29.0 Å². The van der Waals surface area contributed by atoms with Crippen molar-refractivity contribution < 1.29 is 17.9 Å². The summed E-state index contributed by atoms with van der Waals surface area (Å²) in [5.41, 5.74) is 0.989. The van der Waals surface area contributed by atoms with Crippen LogP contribution in [0.2, 0.25) is 0 Å². The van der Waals surface area contributed by atoms with Crippen LogP contribution < -0.4 is 5.32 Å². The van der Waals surface area contributed by atoms with Crippen molar-refractivity contribution in [2.24, 2.45) is 0 Å². The number of nitrogens with zero attached hydrogens (tertiary/aromatic N) is 2. The molecule has 7 heteroatoms. The molecule has 0 bridgehead atoms. The summed E-state index contributed by atoms with van der Waals surface area (Å²) in [6, 6.07) is 0.192. The van der Waals surface area contributed by atoms with E-state index in [0.29, 0.717) is 0 Å². The van der Waals surface area contributed by atoms with E-state index in [1.54, 1.807) is 12.4 Å². The van der Waals surface area contributed by atoms with Gasteiger partial charge in [0.2, 0.25) is 0 Å². The second kappa shape index (κ2) is 7.49. The number of aromatic nitrogens is 2. The predicted octanol–water partition coefficient (Wildman–Crippen LogP) is 2.87. The third-order valence-corrected chi connectivity index (χ3v) is 2.69. The van der Waals surface area contributed by atoms with Crippen LogP contribution in [0.4, 0.5) is 13.2 Å².